The molecule has 0 bridgehead atoms. The van der Waals surface area contributed by atoms with E-state index in [-0.39, 0.29) is 28.1 Å². The lowest BCUT2D eigenvalue weighted by molar-refractivity contribution is -0.139. The van der Waals surface area contributed by atoms with E-state index in [0.717, 1.165) is 31.7 Å². The lowest BCUT2D eigenvalue weighted by atomic mass is 10.1. The average Bonchev–Trinajstić information content (AvgIpc) is 3.23. The lowest BCUT2D eigenvalue weighted by Gasteiger charge is -2.33. The van der Waals surface area contributed by atoms with Gasteiger partial charge in [0.25, 0.3) is 5.91 Å². The maximum Gasteiger partial charge on any atom is 0.341 e. The van der Waals surface area contributed by atoms with Crippen molar-refractivity contribution in [3.05, 3.63) is 34.6 Å². The van der Waals surface area contributed by atoms with Gasteiger partial charge in [0, 0.05) is 17.1 Å². The normalized spacial score (nSPS) is 21.9. The Balaban J connectivity index is 1.68. The van der Waals surface area contributed by atoms with Crippen LogP contribution < -0.4 is 0 Å². The summed E-state index contributed by atoms with van der Waals surface area (Å²) in [6.07, 6.45) is 3.96. The summed E-state index contributed by atoms with van der Waals surface area (Å²) >= 11 is 5.66. The third-order valence-corrected chi connectivity index (χ3v) is 7.07. The van der Waals surface area contributed by atoms with Crippen LogP contribution in [0.5, 0.6) is 0 Å². The van der Waals surface area contributed by atoms with Gasteiger partial charge < -0.3 is 9.64 Å². The molecule has 1 saturated carbocycles. The fraction of sp³-hybridized carbons (Fsp3) is 0.556. The molecule has 1 aromatic carbocycles. The first-order chi connectivity index (χ1) is 12.8. The molecule has 1 aliphatic heterocycles. The van der Waals surface area contributed by atoms with Crippen molar-refractivity contribution in [2.75, 3.05) is 18.1 Å². The molecule has 9 heteroatoms. The Morgan fingerprint density at radius 1 is 1.19 bits per heavy atom. The number of hydrogen-bond acceptors (Lipinski definition) is 5. The van der Waals surface area contributed by atoms with Crippen LogP contribution in [0.4, 0.5) is 4.39 Å². The minimum absolute atomic E-state index is 0.0400. The van der Waals surface area contributed by atoms with E-state index < -0.39 is 40.2 Å². The van der Waals surface area contributed by atoms with E-state index >= 15 is 0 Å². The molecule has 6 nitrogen and oxygen atoms in total. The van der Waals surface area contributed by atoms with Gasteiger partial charge in [0.15, 0.2) is 16.4 Å². The van der Waals surface area contributed by atoms with E-state index in [9.17, 15) is 22.4 Å². The fourth-order valence-corrected chi connectivity index (χ4v) is 5.69. The number of benzene rings is 1. The zero-order valence-corrected chi connectivity index (χ0v) is 16.3. The number of halogens is 2. The summed E-state index contributed by atoms with van der Waals surface area (Å²) < 4.78 is 42.5. The SMILES string of the molecule is O=C(OCC(=O)N(C1CCCC1)[C@H]1CCS(=O)(=O)C1)c1ccc(Cl)cc1F. The maximum absolute atomic E-state index is 13.8. The second-order valence-electron chi connectivity index (χ2n) is 7.00. The second-order valence-corrected chi connectivity index (χ2v) is 9.66. The van der Waals surface area contributed by atoms with Crippen LogP contribution in [0.15, 0.2) is 18.2 Å². The van der Waals surface area contributed by atoms with Crippen LogP contribution >= 0.6 is 11.6 Å². The van der Waals surface area contributed by atoms with E-state index in [0.29, 0.717) is 6.42 Å². The number of rotatable bonds is 5. The van der Waals surface area contributed by atoms with Gasteiger partial charge in [-0.1, -0.05) is 24.4 Å². The smallest absolute Gasteiger partial charge is 0.341 e. The Morgan fingerprint density at radius 3 is 2.48 bits per heavy atom. The summed E-state index contributed by atoms with van der Waals surface area (Å²) in [6, 6.07) is 3.12. The molecule has 1 aliphatic carbocycles. The highest BCUT2D eigenvalue weighted by Gasteiger charge is 2.39. The molecule has 1 atom stereocenters. The topological polar surface area (TPSA) is 80.8 Å². The zero-order valence-electron chi connectivity index (χ0n) is 14.7. The molecular formula is C18H21ClFNO5S. The quantitative estimate of drug-likeness (QED) is 0.688. The number of carbonyl (C=O) groups excluding carboxylic acids is 2. The van der Waals surface area contributed by atoms with E-state index in [1.165, 1.54) is 12.1 Å². The van der Waals surface area contributed by atoms with Gasteiger partial charge in [-0.3, -0.25) is 4.79 Å². The lowest BCUT2D eigenvalue weighted by Crippen LogP contribution is -2.48. The Bertz CT molecular complexity index is 838. The summed E-state index contributed by atoms with van der Waals surface area (Å²) in [4.78, 5) is 26.4. The van der Waals surface area contributed by atoms with E-state index in [2.05, 4.69) is 0 Å². The molecule has 148 valence electrons. The molecule has 0 spiro atoms. The predicted molar refractivity (Wildman–Crippen MR) is 97.9 cm³/mol. The summed E-state index contributed by atoms with van der Waals surface area (Å²) in [7, 11) is -3.15. The highest BCUT2D eigenvalue weighted by Crippen LogP contribution is 2.29. The Kier molecular flexibility index (Phi) is 6.05. The van der Waals surface area contributed by atoms with Crippen LogP contribution in [0.2, 0.25) is 5.02 Å². The first-order valence-electron chi connectivity index (χ1n) is 8.90. The third kappa shape index (κ3) is 4.79. The number of ether oxygens (including phenoxy) is 1. The standard InChI is InChI=1S/C18H21ClFNO5S/c19-12-5-6-15(16(20)9-12)18(23)26-10-17(22)21(13-3-1-2-4-13)14-7-8-27(24,25)11-14/h5-6,9,13-14H,1-4,7-8,10-11H2/t14-/m0/s1. The number of sulfone groups is 1. The van der Waals surface area contributed by atoms with Crippen LogP contribution in [-0.4, -0.2) is 55.4 Å². The van der Waals surface area contributed by atoms with Crippen LogP contribution in [0.25, 0.3) is 0 Å². The number of esters is 1. The van der Waals surface area contributed by atoms with E-state index in [1.807, 2.05) is 0 Å². The van der Waals surface area contributed by atoms with Crippen molar-refractivity contribution >= 4 is 33.3 Å². The number of carbonyl (C=O) groups is 2. The summed E-state index contributed by atoms with van der Waals surface area (Å²) in [5.41, 5.74) is -0.303. The Hall–Kier alpha value is -1.67. The molecule has 1 aromatic rings. The molecule has 27 heavy (non-hydrogen) atoms. The molecule has 0 radical (unpaired) electrons. The van der Waals surface area contributed by atoms with Crippen molar-refractivity contribution < 1.29 is 27.1 Å². The van der Waals surface area contributed by atoms with Crippen LogP contribution in [0, 0.1) is 5.82 Å². The minimum atomic E-state index is -3.15. The van der Waals surface area contributed by atoms with Gasteiger partial charge in [-0.2, -0.15) is 0 Å². The summed E-state index contributed by atoms with van der Waals surface area (Å²) in [5.74, 6) is -2.22. The highest BCUT2D eigenvalue weighted by molar-refractivity contribution is 7.91. The zero-order chi connectivity index (χ0) is 19.6. The second kappa shape index (κ2) is 8.14. The molecule has 0 N–H and O–H groups in total. The van der Waals surface area contributed by atoms with Crippen molar-refractivity contribution in [1.82, 2.24) is 4.90 Å². The molecule has 1 amide bonds. The van der Waals surface area contributed by atoms with Gasteiger partial charge in [-0.05, 0) is 37.5 Å². The summed E-state index contributed by atoms with van der Waals surface area (Å²) in [5, 5.41) is 0.148. The average molecular weight is 418 g/mol. The van der Waals surface area contributed by atoms with Gasteiger partial charge in [0.1, 0.15) is 5.82 Å². The first kappa shape index (κ1) is 20.1. The predicted octanol–water partition coefficient (Wildman–Crippen LogP) is 2.59. The van der Waals surface area contributed by atoms with Crippen molar-refractivity contribution in [3.8, 4) is 0 Å². The number of hydrogen-bond donors (Lipinski definition) is 0. The summed E-state index contributed by atoms with van der Waals surface area (Å²) in [6.45, 7) is -0.548. The molecule has 2 aliphatic rings. The molecule has 1 heterocycles. The highest BCUT2D eigenvalue weighted by atomic mass is 35.5. The Labute approximate surface area is 162 Å². The molecule has 1 saturated heterocycles. The van der Waals surface area contributed by atoms with Crippen molar-refractivity contribution in [3.63, 3.8) is 0 Å². The maximum atomic E-state index is 13.8. The van der Waals surface area contributed by atoms with Crippen molar-refractivity contribution in [2.24, 2.45) is 0 Å². The third-order valence-electron chi connectivity index (χ3n) is 5.09. The molecule has 0 aromatic heterocycles. The van der Waals surface area contributed by atoms with Gasteiger partial charge in [0.2, 0.25) is 0 Å². The van der Waals surface area contributed by atoms with Crippen molar-refractivity contribution in [1.29, 1.82) is 0 Å². The molecule has 3 rings (SSSR count). The van der Waals surface area contributed by atoms with Gasteiger partial charge in [0.05, 0.1) is 17.1 Å². The van der Waals surface area contributed by atoms with E-state index in [1.54, 1.807) is 4.90 Å². The van der Waals surface area contributed by atoms with Crippen LogP contribution in [0.3, 0.4) is 0 Å². The Morgan fingerprint density at radius 2 is 1.89 bits per heavy atom. The van der Waals surface area contributed by atoms with E-state index in [4.69, 9.17) is 16.3 Å². The van der Waals surface area contributed by atoms with Gasteiger partial charge in [-0.25, -0.2) is 17.6 Å². The van der Waals surface area contributed by atoms with Crippen LogP contribution in [-0.2, 0) is 19.4 Å². The van der Waals surface area contributed by atoms with Crippen LogP contribution in [0.1, 0.15) is 42.5 Å². The monoisotopic (exact) mass is 417 g/mol. The number of nitrogens with zero attached hydrogens (tertiary/aromatic N) is 1. The molecule has 2 fully saturated rings. The minimum Gasteiger partial charge on any atom is -0.452 e. The molecular weight excluding hydrogens is 397 g/mol. The fourth-order valence-electron chi connectivity index (χ4n) is 3.82. The van der Waals surface area contributed by atoms with Gasteiger partial charge in [-0.15, -0.1) is 0 Å². The largest absolute Gasteiger partial charge is 0.452 e. The number of amides is 1. The first-order valence-corrected chi connectivity index (χ1v) is 11.1. The van der Waals surface area contributed by atoms with Crippen molar-refractivity contribution in [2.45, 2.75) is 44.2 Å². The molecule has 0 unspecified atom stereocenters. The van der Waals surface area contributed by atoms with Gasteiger partial charge >= 0.3 is 5.97 Å².